The topological polar surface area (TPSA) is 38.5 Å². The Morgan fingerprint density at radius 3 is 2.45 bits per heavy atom. The molecule has 0 bridgehead atoms. The van der Waals surface area contributed by atoms with E-state index >= 15 is 0 Å². The van der Waals surface area contributed by atoms with Crippen LogP contribution in [-0.2, 0) is 6.54 Å². The minimum atomic E-state index is 0.635. The third-order valence-electron chi connectivity index (χ3n) is 3.22. The number of rotatable bonds is 6. The number of ether oxygens (including phenoxy) is 1. The molecule has 0 radical (unpaired) electrons. The summed E-state index contributed by atoms with van der Waals surface area (Å²) in [6.07, 6.45) is 0. The van der Waals surface area contributed by atoms with Crippen LogP contribution in [-0.4, -0.2) is 25.1 Å². The fraction of sp³-hybridized carbons (Fsp3) is 0.294. The molecule has 0 fully saturated rings. The first-order valence-corrected chi connectivity index (χ1v) is 6.86. The van der Waals surface area contributed by atoms with Gasteiger partial charge >= 0.3 is 0 Å². The Morgan fingerprint density at radius 1 is 1.05 bits per heavy atom. The highest BCUT2D eigenvalue weighted by Crippen LogP contribution is 2.19. The molecule has 0 heterocycles. The van der Waals surface area contributed by atoms with Crippen molar-refractivity contribution >= 4 is 5.69 Å². The van der Waals surface area contributed by atoms with Gasteiger partial charge in [-0.15, -0.1) is 0 Å². The predicted molar refractivity (Wildman–Crippen MR) is 83.9 cm³/mol. The summed E-state index contributed by atoms with van der Waals surface area (Å²) in [5, 5.41) is 0. The van der Waals surface area contributed by atoms with Crippen LogP contribution in [0.25, 0.3) is 0 Å². The summed E-state index contributed by atoms with van der Waals surface area (Å²) < 4.78 is 5.70. The molecule has 0 aromatic heterocycles. The van der Waals surface area contributed by atoms with Gasteiger partial charge < -0.3 is 10.5 Å². The number of hydrogen-bond donors (Lipinski definition) is 1. The summed E-state index contributed by atoms with van der Waals surface area (Å²) in [7, 11) is 2.09. The van der Waals surface area contributed by atoms with Crippen molar-refractivity contribution in [1.82, 2.24) is 4.90 Å². The summed E-state index contributed by atoms with van der Waals surface area (Å²) in [4.78, 5) is 2.24. The lowest BCUT2D eigenvalue weighted by Crippen LogP contribution is -2.24. The maximum Gasteiger partial charge on any atom is 0.142 e. The van der Waals surface area contributed by atoms with Gasteiger partial charge in [0.25, 0.3) is 0 Å². The van der Waals surface area contributed by atoms with Crippen molar-refractivity contribution < 1.29 is 4.74 Å². The first-order valence-electron chi connectivity index (χ1n) is 6.86. The van der Waals surface area contributed by atoms with Crippen molar-refractivity contribution in [3.63, 3.8) is 0 Å². The zero-order chi connectivity index (χ0) is 14.4. The van der Waals surface area contributed by atoms with E-state index in [1.165, 1.54) is 11.1 Å². The molecule has 0 amide bonds. The van der Waals surface area contributed by atoms with E-state index in [2.05, 4.69) is 43.1 Å². The molecule has 2 aromatic carbocycles. The maximum atomic E-state index is 5.84. The third kappa shape index (κ3) is 4.28. The van der Waals surface area contributed by atoms with Crippen LogP contribution in [0.5, 0.6) is 5.75 Å². The van der Waals surface area contributed by atoms with E-state index in [-0.39, 0.29) is 0 Å². The lowest BCUT2D eigenvalue weighted by atomic mass is 10.1. The zero-order valence-corrected chi connectivity index (χ0v) is 12.2. The molecule has 0 aliphatic rings. The van der Waals surface area contributed by atoms with Gasteiger partial charge in [0.15, 0.2) is 0 Å². The van der Waals surface area contributed by atoms with Crippen LogP contribution in [0, 0.1) is 6.92 Å². The summed E-state index contributed by atoms with van der Waals surface area (Å²) in [5.41, 5.74) is 9.13. The summed E-state index contributed by atoms with van der Waals surface area (Å²) in [6.45, 7) is 4.53. The first kappa shape index (κ1) is 14.4. The number of nitrogen functional groups attached to an aromatic ring is 1. The van der Waals surface area contributed by atoms with Crippen LogP contribution in [0.2, 0.25) is 0 Å². The van der Waals surface area contributed by atoms with Gasteiger partial charge in [0, 0.05) is 13.1 Å². The SMILES string of the molecule is Cc1ccc(CN(C)CCOc2ccccc2N)cc1. The number of nitrogens with zero attached hydrogens (tertiary/aromatic N) is 1. The number of para-hydroxylation sites is 2. The minimum Gasteiger partial charge on any atom is -0.490 e. The van der Waals surface area contributed by atoms with Crippen LogP contribution in [0.1, 0.15) is 11.1 Å². The molecule has 2 aromatic rings. The van der Waals surface area contributed by atoms with Crippen molar-refractivity contribution in [1.29, 1.82) is 0 Å². The normalized spacial score (nSPS) is 10.8. The summed E-state index contributed by atoms with van der Waals surface area (Å²) in [5.74, 6) is 0.760. The molecule has 106 valence electrons. The van der Waals surface area contributed by atoms with E-state index in [4.69, 9.17) is 10.5 Å². The first-order chi connectivity index (χ1) is 9.65. The van der Waals surface area contributed by atoms with E-state index in [1.54, 1.807) is 0 Å². The smallest absolute Gasteiger partial charge is 0.142 e. The Kier molecular flexibility index (Phi) is 5.02. The van der Waals surface area contributed by atoms with Gasteiger partial charge in [0.2, 0.25) is 0 Å². The van der Waals surface area contributed by atoms with Crippen molar-refractivity contribution in [2.24, 2.45) is 0 Å². The predicted octanol–water partition coefficient (Wildman–Crippen LogP) is 3.09. The molecule has 0 spiro atoms. The highest BCUT2D eigenvalue weighted by Gasteiger charge is 2.02. The van der Waals surface area contributed by atoms with E-state index in [9.17, 15) is 0 Å². The van der Waals surface area contributed by atoms with E-state index in [0.29, 0.717) is 12.3 Å². The molecule has 2 rings (SSSR count). The standard InChI is InChI=1S/C17H22N2O/c1-14-7-9-15(10-8-14)13-19(2)11-12-20-17-6-4-3-5-16(17)18/h3-10H,11-13,18H2,1-2H3. The Balaban J connectivity index is 1.76. The van der Waals surface area contributed by atoms with Crippen molar-refractivity contribution in [2.45, 2.75) is 13.5 Å². The molecule has 0 aliphatic carbocycles. The molecule has 0 unspecified atom stereocenters. The van der Waals surface area contributed by atoms with E-state index in [0.717, 1.165) is 18.8 Å². The molecular weight excluding hydrogens is 248 g/mol. The summed E-state index contributed by atoms with van der Waals surface area (Å²) >= 11 is 0. The minimum absolute atomic E-state index is 0.635. The molecule has 20 heavy (non-hydrogen) atoms. The Labute approximate surface area is 121 Å². The van der Waals surface area contributed by atoms with Crippen molar-refractivity contribution in [3.05, 3.63) is 59.7 Å². The third-order valence-corrected chi connectivity index (χ3v) is 3.22. The second kappa shape index (κ2) is 6.96. The van der Waals surface area contributed by atoms with Gasteiger partial charge in [-0.25, -0.2) is 0 Å². The van der Waals surface area contributed by atoms with Gasteiger partial charge in [-0.1, -0.05) is 42.0 Å². The molecule has 0 saturated heterocycles. The van der Waals surface area contributed by atoms with E-state index < -0.39 is 0 Å². The fourth-order valence-electron chi connectivity index (χ4n) is 2.01. The van der Waals surface area contributed by atoms with Crippen LogP contribution < -0.4 is 10.5 Å². The van der Waals surface area contributed by atoms with Gasteiger partial charge in [0.05, 0.1) is 5.69 Å². The van der Waals surface area contributed by atoms with Crippen LogP contribution in [0.4, 0.5) is 5.69 Å². The monoisotopic (exact) mass is 270 g/mol. The van der Waals surface area contributed by atoms with Crippen molar-refractivity contribution in [3.8, 4) is 5.75 Å². The average Bonchev–Trinajstić information content (AvgIpc) is 2.43. The van der Waals surface area contributed by atoms with Gasteiger partial charge in [-0.05, 0) is 31.7 Å². The fourth-order valence-corrected chi connectivity index (χ4v) is 2.01. The Hall–Kier alpha value is -2.00. The molecule has 0 saturated carbocycles. The highest BCUT2D eigenvalue weighted by atomic mass is 16.5. The number of aryl methyl sites for hydroxylation is 1. The largest absolute Gasteiger partial charge is 0.490 e. The highest BCUT2D eigenvalue weighted by molar-refractivity contribution is 5.51. The molecule has 0 aliphatic heterocycles. The van der Waals surface area contributed by atoms with E-state index in [1.807, 2.05) is 24.3 Å². The second-order valence-corrected chi connectivity index (χ2v) is 5.11. The number of anilines is 1. The molecule has 0 atom stereocenters. The van der Waals surface area contributed by atoms with Gasteiger partial charge in [-0.2, -0.15) is 0 Å². The molecule has 3 heteroatoms. The average molecular weight is 270 g/mol. The number of hydrogen-bond acceptors (Lipinski definition) is 3. The van der Waals surface area contributed by atoms with Crippen LogP contribution in [0.3, 0.4) is 0 Å². The van der Waals surface area contributed by atoms with Crippen LogP contribution in [0.15, 0.2) is 48.5 Å². The number of likely N-dealkylation sites (N-methyl/N-ethyl adjacent to an activating group) is 1. The number of benzene rings is 2. The Morgan fingerprint density at radius 2 is 1.75 bits per heavy atom. The second-order valence-electron chi connectivity index (χ2n) is 5.11. The van der Waals surface area contributed by atoms with Crippen LogP contribution >= 0.6 is 0 Å². The number of nitrogens with two attached hydrogens (primary N) is 1. The summed E-state index contributed by atoms with van der Waals surface area (Å²) in [6, 6.07) is 16.2. The lowest BCUT2D eigenvalue weighted by Gasteiger charge is -2.17. The molecule has 2 N–H and O–H groups in total. The molecular formula is C17H22N2O. The zero-order valence-electron chi connectivity index (χ0n) is 12.2. The molecule has 3 nitrogen and oxygen atoms in total. The Bertz CT molecular complexity index is 537. The quantitative estimate of drug-likeness (QED) is 0.820. The lowest BCUT2D eigenvalue weighted by molar-refractivity contribution is 0.233. The van der Waals surface area contributed by atoms with Gasteiger partial charge in [0.1, 0.15) is 12.4 Å². The van der Waals surface area contributed by atoms with Gasteiger partial charge in [-0.3, -0.25) is 4.90 Å². The van der Waals surface area contributed by atoms with Crippen molar-refractivity contribution in [2.75, 3.05) is 25.9 Å². The maximum absolute atomic E-state index is 5.84.